The van der Waals surface area contributed by atoms with Gasteiger partial charge in [0.1, 0.15) is 28.2 Å². The molecule has 0 fully saturated rings. The Hall–Kier alpha value is -2.83. The number of aryl methyl sites for hydroxylation is 1. The summed E-state index contributed by atoms with van der Waals surface area (Å²) in [4.78, 5) is 19.6. The maximum Gasteiger partial charge on any atom is 0.410 e. The number of aliphatic hydroxyl groups is 1. The van der Waals surface area contributed by atoms with Crippen molar-refractivity contribution < 1.29 is 19.4 Å². The summed E-state index contributed by atoms with van der Waals surface area (Å²) in [5.74, 6) is 0.610. The summed E-state index contributed by atoms with van der Waals surface area (Å²) in [6.45, 7) is 11.5. The second-order valence-electron chi connectivity index (χ2n) is 10.7. The molecule has 2 heterocycles. The van der Waals surface area contributed by atoms with Crippen molar-refractivity contribution in [3.8, 4) is 5.75 Å². The first-order valence-corrected chi connectivity index (χ1v) is 12.2. The third-order valence-corrected chi connectivity index (χ3v) is 6.46. The summed E-state index contributed by atoms with van der Waals surface area (Å²) >= 11 is 6.24. The second kappa shape index (κ2) is 9.32. The van der Waals surface area contributed by atoms with E-state index in [2.05, 4.69) is 4.98 Å². The summed E-state index contributed by atoms with van der Waals surface area (Å²) < 4.78 is 12.1. The van der Waals surface area contributed by atoms with Crippen LogP contribution in [0.1, 0.15) is 57.4 Å². The number of pyridine rings is 1. The van der Waals surface area contributed by atoms with Crippen molar-refractivity contribution in [3.63, 3.8) is 0 Å². The van der Waals surface area contributed by atoms with Crippen molar-refractivity contribution >= 4 is 28.6 Å². The third kappa shape index (κ3) is 5.39. The molecule has 0 spiro atoms. The quantitative estimate of drug-likeness (QED) is 0.432. The highest BCUT2D eigenvalue weighted by molar-refractivity contribution is 6.29. The van der Waals surface area contributed by atoms with Crippen LogP contribution in [0.5, 0.6) is 5.75 Å². The first kappa shape index (κ1) is 25.3. The Morgan fingerprint density at radius 1 is 1.20 bits per heavy atom. The van der Waals surface area contributed by atoms with E-state index in [-0.39, 0.29) is 0 Å². The van der Waals surface area contributed by atoms with E-state index < -0.39 is 29.4 Å². The van der Waals surface area contributed by atoms with Crippen molar-refractivity contribution in [2.75, 3.05) is 6.54 Å². The lowest BCUT2D eigenvalue weighted by Crippen LogP contribution is -2.55. The van der Waals surface area contributed by atoms with Crippen molar-refractivity contribution in [3.05, 3.63) is 70.4 Å². The minimum Gasteiger partial charge on any atom is -0.485 e. The van der Waals surface area contributed by atoms with Crippen LogP contribution in [0.4, 0.5) is 4.79 Å². The number of benzene rings is 2. The van der Waals surface area contributed by atoms with Gasteiger partial charge in [0.05, 0.1) is 11.6 Å². The van der Waals surface area contributed by atoms with Crippen LogP contribution in [0.25, 0.3) is 10.9 Å². The van der Waals surface area contributed by atoms with E-state index in [1.165, 1.54) is 0 Å². The van der Waals surface area contributed by atoms with Gasteiger partial charge >= 0.3 is 6.09 Å². The van der Waals surface area contributed by atoms with E-state index >= 15 is 0 Å². The molecule has 0 bridgehead atoms. The molecule has 0 aliphatic carbocycles. The third-order valence-electron chi connectivity index (χ3n) is 6.27. The van der Waals surface area contributed by atoms with Crippen LogP contribution in [0.15, 0.2) is 48.5 Å². The molecule has 0 saturated heterocycles. The molecule has 2 aromatic carbocycles. The predicted molar refractivity (Wildman–Crippen MR) is 138 cm³/mol. The van der Waals surface area contributed by atoms with E-state index in [1.54, 1.807) is 4.90 Å². The summed E-state index contributed by atoms with van der Waals surface area (Å²) in [6.07, 6.45) is -0.885. The van der Waals surface area contributed by atoms with Crippen molar-refractivity contribution in [2.24, 2.45) is 0 Å². The SMILES string of the molecule is Cc1cc(Cl)nc2cc3c(cc12)OC(C)(C)[C@H](O)[C@H]3N(CCc1ccccc1)C(=O)OC(C)(C)C. The number of ether oxygens (including phenoxy) is 2. The zero-order valence-electron chi connectivity index (χ0n) is 21.1. The number of hydrogen-bond acceptors (Lipinski definition) is 5. The number of fused-ring (bicyclic) bond motifs is 2. The van der Waals surface area contributed by atoms with Gasteiger partial charge < -0.3 is 14.6 Å². The maximum atomic E-state index is 13.5. The van der Waals surface area contributed by atoms with Gasteiger partial charge in [-0.15, -0.1) is 0 Å². The Morgan fingerprint density at radius 3 is 2.54 bits per heavy atom. The normalized spacial score (nSPS) is 19.1. The molecule has 35 heavy (non-hydrogen) atoms. The molecule has 4 rings (SSSR count). The number of rotatable bonds is 4. The molecule has 0 radical (unpaired) electrons. The maximum absolute atomic E-state index is 13.5. The largest absolute Gasteiger partial charge is 0.485 e. The van der Waals surface area contributed by atoms with Crippen molar-refractivity contribution in [1.29, 1.82) is 0 Å². The molecule has 6 nitrogen and oxygen atoms in total. The van der Waals surface area contributed by atoms with Crippen molar-refractivity contribution in [2.45, 2.75) is 71.3 Å². The number of aliphatic hydroxyl groups excluding tert-OH is 1. The van der Waals surface area contributed by atoms with Crippen LogP contribution < -0.4 is 4.74 Å². The lowest BCUT2D eigenvalue weighted by atomic mass is 9.84. The molecule has 3 aromatic rings. The summed E-state index contributed by atoms with van der Waals surface area (Å²) in [5, 5.41) is 12.8. The number of halogens is 1. The summed E-state index contributed by atoms with van der Waals surface area (Å²) in [5.41, 5.74) is 1.79. The van der Waals surface area contributed by atoms with E-state index in [0.717, 1.165) is 16.5 Å². The number of carbonyl (C=O) groups excluding carboxylic acids is 1. The molecule has 7 heteroatoms. The zero-order chi connectivity index (χ0) is 25.5. The first-order chi connectivity index (χ1) is 16.4. The van der Waals surface area contributed by atoms with Crippen LogP contribution in [0.3, 0.4) is 0 Å². The van der Waals surface area contributed by atoms with Crippen LogP contribution in [0, 0.1) is 6.92 Å². The number of aromatic nitrogens is 1. The van der Waals surface area contributed by atoms with Gasteiger partial charge in [0.2, 0.25) is 0 Å². The van der Waals surface area contributed by atoms with Crippen LogP contribution in [-0.4, -0.2) is 44.9 Å². The fourth-order valence-electron chi connectivity index (χ4n) is 4.51. The molecule has 1 aliphatic heterocycles. The van der Waals surface area contributed by atoms with Gasteiger partial charge in [-0.2, -0.15) is 0 Å². The minimum atomic E-state index is -1.00. The Labute approximate surface area is 211 Å². The molecule has 2 atom stereocenters. The average molecular weight is 497 g/mol. The average Bonchev–Trinajstić information content (AvgIpc) is 2.75. The summed E-state index contributed by atoms with van der Waals surface area (Å²) in [7, 11) is 0. The van der Waals surface area contributed by atoms with Gasteiger partial charge in [0, 0.05) is 17.5 Å². The Kier molecular flexibility index (Phi) is 6.73. The van der Waals surface area contributed by atoms with Gasteiger partial charge in [0.25, 0.3) is 0 Å². The molecule has 0 unspecified atom stereocenters. The van der Waals surface area contributed by atoms with Crippen LogP contribution in [0.2, 0.25) is 5.15 Å². The van der Waals surface area contributed by atoms with E-state index in [4.69, 9.17) is 21.1 Å². The molecule has 1 amide bonds. The molecule has 186 valence electrons. The monoisotopic (exact) mass is 496 g/mol. The van der Waals surface area contributed by atoms with Gasteiger partial charge in [-0.25, -0.2) is 9.78 Å². The summed E-state index contributed by atoms with van der Waals surface area (Å²) in [6, 6.07) is 14.8. The van der Waals surface area contributed by atoms with Gasteiger partial charge in [0.15, 0.2) is 0 Å². The van der Waals surface area contributed by atoms with E-state index in [9.17, 15) is 9.90 Å². The number of carbonyl (C=O) groups is 1. The Balaban J connectivity index is 1.84. The highest BCUT2D eigenvalue weighted by Gasteiger charge is 2.47. The molecule has 0 saturated carbocycles. The predicted octanol–water partition coefficient (Wildman–Crippen LogP) is 6.25. The topological polar surface area (TPSA) is 71.9 Å². The smallest absolute Gasteiger partial charge is 0.410 e. The van der Waals surface area contributed by atoms with Crippen molar-refractivity contribution in [1.82, 2.24) is 9.88 Å². The number of nitrogens with zero attached hydrogens (tertiary/aromatic N) is 2. The van der Waals surface area contributed by atoms with Crippen LogP contribution >= 0.6 is 11.6 Å². The minimum absolute atomic E-state index is 0.357. The standard InChI is InChI=1S/C28H33ClN2O4/c1-17-14-23(29)30-21-15-20-22(16-19(17)21)34-28(5,6)25(32)24(20)31(26(33)35-27(2,3)4)13-12-18-10-8-7-9-11-18/h7-11,14-16,24-25,32H,12-13H2,1-6H3/t24-,25+/m0/s1. The van der Waals surface area contributed by atoms with Gasteiger partial charge in [-0.3, -0.25) is 4.90 Å². The van der Waals surface area contributed by atoms with Gasteiger partial charge in [-0.05, 0) is 77.3 Å². The molecule has 1 N–H and O–H groups in total. The van der Waals surface area contributed by atoms with E-state index in [1.807, 2.05) is 90.1 Å². The number of amides is 1. The zero-order valence-corrected chi connectivity index (χ0v) is 21.9. The second-order valence-corrected chi connectivity index (χ2v) is 11.1. The number of hydrogen-bond donors (Lipinski definition) is 1. The molecule has 1 aliphatic rings. The lowest BCUT2D eigenvalue weighted by molar-refractivity contribution is -0.0937. The molecule has 1 aromatic heterocycles. The lowest BCUT2D eigenvalue weighted by Gasteiger charge is -2.46. The highest BCUT2D eigenvalue weighted by Crippen LogP contribution is 2.45. The first-order valence-electron chi connectivity index (χ1n) is 11.9. The van der Waals surface area contributed by atoms with E-state index in [0.29, 0.717) is 34.9 Å². The molecular formula is C28H33ClN2O4. The highest BCUT2D eigenvalue weighted by atomic mass is 35.5. The van der Waals surface area contributed by atoms with Crippen LogP contribution in [-0.2, 0) is 11.2 Å². The fraction of sp³-hybridized carbons (Fsp3) is 0.429. The van der Waals surface area contributed by atoms with Gasteiger partial charge in [-0.1, -0.05) is 41.9 Å². The Morgan fingerprint density at radius 2 is 1.89 bits per heavy atom. The fourth-order valence-corrected chi connectivity index (χ4v) is 4.76. The molecular weight excluding hydrogens is 464 g/mol. The Bertz CT molecular complexity index is 1240.